The van der Waals surface area contributed by atoms with Crippen LogP contribution in [0.2, 0.25) is 0 Å². The van der Waals surface area contributed by atoms with Gasteiger partial charge in [-0.2, -0.15) is 0 Å². The average molecular weight is 419 g/mol. The molecule has 0 fully saturated rings. The Hall–Kier alpha value is -4.21. The molecule has 1 atom stereocenters. The van der Waals surface area contributed by atoms with Gasteiger partial charge >= 0.3 is 0 Å². The molecule has 0 saturated heterocycles. The molecule has 154 valence electrons. The second-order valence-corrected chi connectivity index (χ2v) is 6.89. The summed E-state index contributed by atoms with van der Waals surface area (Å²) >= 11 is 0. The van der Waals surface area contributed by atoms with Gasteiger partial charge < -0.3 is 10.3 Å². The predicted octanol–water partition coefficient (Wildman–Crippen LogP) is 3.50. The molecule has 0 radical (unpaired) electrons. The number of H-pyrrole nitrogens is 1. The first-order valence-corrected chi connectivity index (χ1v) is 9.41. The summed E-state index contributed by atoms with van der Waals surface area (Å²) in [5.74, 6) is -0.723. The van der Waals surface area contributed by atoms with Crippen molar-refractivity contribution in [2.24, 2.45) is 0 Å². The summed E-state index contributed by atoms with van der Waals surface area (Å²) in [5.41, 5.74) is 0.482. The van der Waals surface area contributed by atoms with Crippen molar-refractivity contribution in [1.29, 1.82) is 0 Å². The van der Waals surface area contributed by atoms with Gasteiger partial charge in [-0.1, -0.05) is 18.2 Å². The molecule has 31 heavy (non-hydrogen) atoms. The third-order valence-corrected chi connectivity index (χ3v) is 4.93. The van der Waals surface area contributed by atoms with Gasteiger partial charge in [0.2, 0.25) is 0 Å². The summed E-state index contributed by atoms with van der Waals surface area (Å²) < 4.78 is 30.2. The van der Waals surface area contributed by atoms with E-state index in [4.69, 9.17) is 0 Å². The van der Waals surface area contributed by atoms with Crippen LogP contribution >= 0.6 is 0 Å². The zero-order valence-electron chi connectivity index (χ0n) is 16.2. The quantitative estimate of drug-likeness (QED) is 0.462. The fraction of sp³-hybridized carbons (Fsp3) is 0.0952. The van der Waals surface area contributed by atoms with Crippen molar-refractivity contribution in [3.05, 3.63) is 82.9 Å². The Bertz CT molecular complexity index is 1490. The number of rotatable bonds is 4. The lowest BCUT2D eigenvalue weighted by atomic mass is 10.2. The van der Waals surface area contributed by atoms with Crippen LogP contribution in [0.5, 0.6) is 0 Å². The Morgan fingerprint density at radius 2 is 1.84 bits per heavy atom. The van der Waals surface area contributed by atoms with Crippen molar-refractivity contribution in [1.82, 2.24) is 29.5 Å². The van der Waals surface area contributed by atoms with Gasteiger partial charge in [-0.25, -0.2) is 28.7 Å². The zero-order valence-corrected chi connectivity index (χ0v) is 16.2. The monoisotopic (exact) mass is 419 g/mol. The van der Waals surface area contributed by atoms with E-state index in [0.717, 1.165) is 4.57 Å². The van der Waals surface area contributed by atoms with Gasteiger partial charge in [0.05, 0.1) is 23.6 Å². The van der Waals surface area contributed by atoms with Gasteiger partial charge in [-0.3, -0.25) is 9.36 Å². The lowest BCUT2D eigenvalue weighted by Crippen LogP contribution is -2.28. The first kappa shape index (κ1) is 18.8. The molecule has 5 aromatic rings. The van der Waals surface area contributed by atoms with E-state index in [0.29, 0.717) is 17.0 Å². The molecule has 0 bridgehead atoms. The highest BCUT2D eigenvalue weighted by atomic mass is 19.1. The summed E-state index contributed by atoms with van der Waals surface area (Å²) in [5, 5.41) is 2.95. The molecule has 0 aliphatic carbocycles. The number of aromatic nitrogens is 6. The lowest BCUT2D eigenvalue weighted by molar-refractivity contribution is 0.604. The number of nitrogens with one attached hydrogen (secondary N) is 2. The predicted molar refractivity (Wildman–Crippen MR) is 111 cm³/mol. The van der Waals surface area contributed by atoms with Crippen LogP contribution in [0.25, 0.3) is 27.8 Å². The molecule has 2 N–H and O–H groups in total. The van der Waals surface area contributed by atoms with Crippen LogP contribution in [-0.4, -0.2) is 29.5 Å². The normalized spacial score (nSPS) is 12.4. The topological polar surface area (TPSA) is 101 Å². The van der Waals surface area contributed by atoms with E-state index >= 15 is 0 Å². The number of benzene rings is 2. The molecule has 0 aliphatic heterocycles. The van der Waals surface area contributed by atoms with E-state index in [-0.39, 0.29) is 22.4 Å². The molecule has 0 saturated carbocycles. The van der Waals surface area contributed by atoms with E-state index in [9.17, 15) is 13.6 Å². The molecular formula is C21H15F2N7O. The number of para-hydroxylation sites is 1. The average Bonchev–Trinajstić information content (AvgIpc) is 3.24. The van der Waals surface area contributed by atoms with Crippen molar-refractivity contribution in [3.8, 4) is 5.69 Å². The first-order valence-electron chi connectivity index (χ1n) is 9.41. The number of anilines is 1. The Morgan fingerprint density at radius 1 is 1.03 bits per heavy atom. The zero-order chi connectivity index (χ0) is 21.5. The minimum atomic E-state index is -0.720. The molecule has 0 amide bonds. The molecule has 3 aromatic heterocycles. The molecular weight excluding hydrogens is 404 g/mol. The highest BCUT2D eigenvalue weighted by Gasteiger charge is 2.22. The third kappa shape index (κ3) is 3.08. The number of imidazole rings is 1. The van der Waals surface area contributed by atoms with Crippen molar-refractivity contribution in [2.75, 3.05) is 5.32 Å². The fourth-order valence-electron chi connectivity index (χ4n) is 3.51. The van der Waals surface area contributed by atoms with Crippen LogP contribution in [-0.2, 0) is 0 Å². The van der Waals surface area contributed by atoms with E-state index in [1.165, 1.54) is 43.0 Å². The maximum absolute atomic E-state index is 14.7. The highest BCUT2D eigenvalue weighted by Crippen LogP contribution is 2.25. The number of hydrogen-bond acceptors (Lipinski definition) is 6. The molecule has 3 heterocycles. The van der Waals surface area contributed by atoms with Crippen molar-refractivity contribution < 1.29 is 8.78 Å². The molecule has 5 rings (SSSR count). The number of nitrogens with zero attached hydrogens (tertiary/aromatic N) is 5. The van der Waals surface area contributed by atoms with Gasteiger partial charge in [-0.15, -0.1) is 0 Å². The van der Waals surface area contributed by atoms with Gasteiger partial charge in [0.15, 0.2) is 11.5 Å². The van der Waals surface area contributed by atoms with E-state index in [1.807, 2.05) is 0 Å². The SMILES string of the molecule is C[C@@H](Nc1ncnc2nc[nH]c12)c1nc2cccc(F)c2c(=O)n1-c1ccccc1F. The summed E-state index contributed by atoms with van der Waals surface area (Å²) in [6.45, 7) is 1.74. The molecule has 10 heteroatoms. The molecule has 0 aliphatic rings. The lowest BCUT2D eigenvalue weighted by Gasteiger charge is -2.20. The standard InChI is InChI=1S/C21H15F2N7O/c1-11(28-19-17-18(25-9-24-17)26-10-27-19)20-29-14-7-4-6-13(23)16(14)21(31)30(20)15-8-3-2-5-12(15)22/h2-11H,1H3,(H2,24,25,26,27,28)/t11-/m1/s1. The smallest absolute Gasteiger partial charge is 0.269 e. The molecule has 0 spiro atoms. The molecule has 2 aromatic carbocycles. The van der Waals surface area contributed by atoms with Gasteiger partial charge in [0, 0.05) is 0 Å². The third-order valence-electron chi connectivity index (χ3n) is 4.93. The van der Waals surface area contributed by atoms with Crippen LogP contribution in [0.4, 0.5) is 14.6 Å². The van der Waals surface area contributed by atoms with Crippen LogP contribution in [0, 0.1) is 11.6 Å². The minimum Gasteiger partial charge on any atom is -0.358 e. The Kier molecular flexibility index (Phi) is 4.39. The van der Waals surface area contributed by atoms with Crippen LogP contribution < -0.4 is 10.9 Å². The van der Waals surface area contributed by atoms with E-state index in [1.54, 1.807) is 19.1 Å². The van der Waals surface area contributed by atoms with Gasteiger partial charge in [0.1, 0.15) is 34.7 Å². The van der Waals surface area contributed by atoms with Crippen LogP contribution in [0.1, 0.15) is 18.8 Å². The molecule has 0 unspecified atom stereocenters. The second kappa shape index (κ2) is 7.24. The minimum absolute atomic E-state index is 0.0248. The summed E-state index contributed by atoms with van der Waals surface area (Å²) in [6, 6.07) is 9.35. The Labute approximate surface area is 173 Å². The molecule has 8 nitrogen and oxygen atoms in total. The van der Waals surface area contributed by atoms with Crippen molar-refractivity contribution >= 4 is 27.9 Å². The maximum Gasteiger partial charge on any atom is 0.269 e. The van der Waals surface area contributed by atoms with Crippen molar-refractivity contribution in [2.45, 2.75) is 13.0 Å². The largest absolute Gasteiger partial charge is 0.358 e. The van der Waals surface area contributed by atoms with Gasteiger partial charge in [-0.05, 0) is 31.2 Å². The first-order chi connectivity index (χ1) is 15.0. The van der Waals surface area contributed by atoms with E-state index in [2.05, 4.69) is 30.2 Å². The summed E-state index contributed by atoms with van der Waals surface area (Å²) in [4.78, 5) is 33.1. The maximum atomic E-state index is 14.7. The number of halogens is 2. The number of aromatic amines is 1. The number of fused-ring (bicyclic) bond motifs is 2. The van der Waals surface area contributed by atoms with Gasteiger partial charge in [0.25, 0.3) is 5.56 Å². The summed E-state index contributed by atoms with van der Waals surface area (Å²) in [7, 11) is 0. The van der Waals surface area contributed by atoms with Crippen LogP contribution in [0.3, 0.4) is 0 Å². The van der Waals surface area contributed by atoms with Crippen molar-refractivity contribution in [3.63, 3.8) is 0 Å². The number of hydrogen-bond donors (Lipinski definition) is 2. The van der Waals surface area contributed by atoms with Crippen LogP contribution in [0.15, 0.2) is 59.9 Å². The highest BCUT2D eigenvalue weighted by molar-refractivity contribution is 5.82. The second-order valence-electron chi connectivity index (χ2n) is 6.89. The summed E-state index contributed by atoms with van der Waals surface area (Å²) in [6.07, 6.45) is 2.84. The van der Waals surface area contributed by atoms with E-state index < -0.39 is 23.2 Å². The Morgan fingerprint density at radius 3 is 2.68 bits per heavy atom. The Balaban J connectivity index is 1.74. The fourth-order valence-corrected chi connectivity index (χ4v) is 3.51.